The average molecular weight is 684 g/mol. The zero-order valence-electron chi connectivity index (χ0n) is 30.4. The summed E-state index contributed by atoms with van der Waals surface area (Å²) >= 11 is 0. The first-order valence-corrected chi connectivity index (χ1v) is 19.9. The third-order valence-corrected chi connectivity index (χ3v) is 12.8. The Morgan fingerprint density at radius 2 is 1.72 bits per heavy atom. The summed E-state index contributed by atoms with van der Waals surface area (Å²) in [4.78, 5) is 45.9. The minimum absolute atomic E-state index is 0.110. The molecule has 1 aromatic heterocycles. The van der Waals surface area contributed by atoms with E-state index in [1.165, 1.54) is 84.1 Å². The highest BCUT2D eigenvalue weighted by molar-refractivity contribution is 6.04. The molecular weight excluding hydrogens is 626 g/mol. The van der Waals surface area contributed by atoms with E-state index in [4.69, 9.17) is 9.72 Å². The van der Waals surface area contributed by atoms with E-state index in [0.717, 1.165) is 90.5 Å². The summed E-state index contributed by atoms with van der Waals surface area (Å²) in [5, 5.41) is 3.42. The van der Waals surface area contributed by atoms with E-state index in [1.54, 1.807) is 11.1 Å². The van der Waals surface area contributed by atoms with Crippen LogP contribution in [0.25, 0.3) is 0 Å². The molecule has 1 amide bonds. The Labute approximate surface area is 298 Å². The van der Waals surface area contributed by atoms with Gasteiger partial charge in [-0.15, -0.1) is 0 Å². The highest BCUT2D eigenvalue weighted by Crippen LogP contribution is 2.42. The van der Waals surface area contributed by atoms with Crippen LogP contribution in [-0.2, 0) is 11.2 Å². The molecular formula is C40H57N7O3. The zero-order valence-corrected chi connectivity index (χ0v) is 30.4. The molecule has 10 nitrogen and oxygen atoms in total. The summed E-state index contributed by atoms with van der Waals surface area (Å²) in [6, 6.07) is 4.79. The van der Waals surface area contributed by atoms with Crippen molar-refractivity contribution in [3.63, 3.8) is 0 Å². The first kappa shape index (κ1) is 33.9. The number of fused-ring (bicyclic) bond motifs is 2. The van der Waals surface area contributed by atoms with E-state index < -0.39 is 0 Å². The molecule has 0 bridgehead atoms. The summed E-state index contributed by atoms with van der Waals surface area (Å²) in [5.41, 5.74) is 3.34. The number of anilines is 4. The van der Waals surface area contributed by atoms with E-state index in [-0.39, 0.29) is 17.7 Å². The molecule has 4 heterocycles. The van der Waals surface area contributed by atoms with Gasteiger partial charge in [-0.2, -0.15) is 4.98 Å². The van der Waals surface area contributed by atoms with Crippen molar-refractivity contribution < 1.29 is 14.3 Å². The molecule has 50 heavy (non-hydrogen) atoms. The number of piperazine rings is 1. The third kappa shape index (κ3) is 6.99. The van der Waals surface area contributed by atoms with Gasteiger partial charge in [0, 0.05) is 75.8 Å². The van der Waals surface area contributed by atoms with E-state index in [0.29, 0.717) is 25.0 Å². The van der Waals surface area contributed by atoms with Crippen molar-refractivity contribution in [3.8, 4) is 5.75 Å². The van der Waals surface area contributed by atoms with Crippen molar-refractivity contribution in [1.29, 1.82) is 0 Å². The molecule has 0 spiro atoms. The Hall–Kier alpha value is -3.24. The standard InChI is InChI=1S/C40H57N7O3/c1-3-34-39(49)44(2)35-25-41-40(43-38(35)47(34)30-8-4-5-9-30)42-33-18-17-31(32-19-24-50-37(32)33)36(48)10-6-7-27-13-15-29(16-14-27)46-22-20-45(21-23-46)26-28-11-12-28/h17-18,25,27-30,34H,3-16,19-24,26H2,1-2H3,(H,41,42,43). The summed E-state index contributed by atoms with van der Waals surface area (Å²) in [6.45, 7) is 8.99. The molecule has 2 aromatic rings. The number of carbonyl (C=O) groups is 2. The SMILES string of the molecule is CCC1C(=O)N(C)c2cnc(Nc3ccc(C(=O)CCCC4CCC(N5CCN(CC6CC6)CC5)CC4)c4c3OCC4)nc2N1C1CCCC1. The zero-order chi connectivity index (χ0) is 34.2. The Morgan fingerprint density at radius 3 is 2.46 bits per heavy atom. The van der Waals surface area contributed by atoms with Crippen LogP contribution in [-0.4, -0.2) is 96.0 Å². The van der Waals surface area contributed by atoms with Gasteiger partial charge in [0.15, 0.2) is 11.6 Å². The Bertz CT molecular complexity index is 1540. The Kier molecular flexibility index (Phi) is 10.0. The number of ether oxygens (including phenoxy) is 1. The quantitative estimate of drug-likeness (QED) is 0.249. The van der Waals surface area contributed by atoms with Crippen LogP contribution in [0.4, 0.5) is 23.1 Å². The first-order valence-electron chi connectivity index (χ1n) is 19.9. The summed E-state index contributed by atoms with van der Waals surface area (Å²) in [6.07, 6.45) is 18.6. The number of rotatable bonds is 12. The van der Waals surface area contributed by atoms with E-state index in [2.05, 4.69) is 31.9 Å². The lowest BCUT2D eigenvalue weighted by molar-refractivity contribution is -0.120. The second-order valence-corrected chi connectivity index (χ2v) is 16.0. The van der Waals surface area contributed by atoms with Gasteiger partial charge in [0.05, 0.1) is 18.5 Å². The molecule has 1 atom stereocenters. The Morgan fingerprint density at radius 1 is 0.960 bits per heavy atom. The minimum Gasteiger partial charge on any atom is -0.491 e. The van der Waals surface area contributed by atoms with Crippen molar-refractivity contribution in [2.75, 3.05) is 61.5 Å². The highest BCUT2D eigenvalue weighted by Gasteiger charge is 2.41. The van der Waals surface area contributed by atoms with E-state index in [9.17, 15) is 9.59 Å². The number of likely N-dealkylation sites (N-methyl/N-ethyl adjacent to an activating group) is 1. The number of amides is 1. The van der Waals surface area contributed by atoms with E-state index >= 15 is 0 Å². The van der Waals surface area contributed by atoms with Crippen molar-refractivity contribution in [2.24, 2.45) is 11.8 Å². The Balaban J connectivity index is 0.866. The average Bonchev–Trinajstić information content (AvgIpc) is 3.54. The van der Waals surface area contributed by atoms with Crippen molar-refractivity contribution in [1.82, 2.24) is 19.8 Å². The van der Waals surface area contributed by atoms with Crippen LogP contribution in [0.5, 0.6) is 5.75 Å². The smallest absolute Gasteiger partial charge is 0.249 e. The number of nitrogens with one attached hydrogen (secondary N) is 1. The van der Waals surface area contributed by atoms with Gasteiger partial charge in [-0.3, -0.25) is 14.5 Å². The minimum atomic E-state index is -0.214. The van der Waals surface area contributed by atoms with Gasteiger partial charge in [-0.05, 0) is 88.2 Å². The number of hydrogen-bond acceptors (Lipinski definition) is 9. The second kappa shape index (κ2) is 14.8. The van der Waals surface area contributed by atoms with Crippen molar-refractivity contribution in [2.45, 2.75) is 121 Å². The van der Waals surface area contributed by atoms with Gasteiger partial charge < -0.3 is 24.8 Å². The van der Waals surface area contributed by atoms with Crippen LogP contribution in [0.3, 0.4) is 0 Å². The van der Waals surface area contributed by atoms with Gasteiger partial charge in [0.25, 0.3) is 0 Å². The molecule has 270 valence electrons. The monoisotopic (exact) mass is 683 g/mol. The number of nitrogens with zero attached hydrogens (tertiary/aromatic N) is 6. The van der Waals surface area contributed by atoms with Gasteiger partial charge >= 0.3 is 0 Å². The highest BCUT2D eigenvalue weighted by atomic mass is 16.5. The molecule has 10 heteroatoms. The molecule has 1 N–H and O–H groups in total. The lowest BCUT2D eigenvalue weighted by atomic mass is 9.82. The normalized spacial score (nSPS) is 26.2. The first-order chi connectivity index (χ1) is 24.5. The van der Waals surface area contributed by atoms with Crippen LogP contribution in [0, 0.1) is 11.8 Å². The van der Waals surface area contributed by atoms with Crippen LogP contribution in [0.15, 0.2) is 18.3 Å². The molecule has 4 fully saturated rings. The lowest BCUT2D eigenvalue weighted by Crippen LogP contribution is -2.55. The van der Waals surface area contributed by atoms with Crippen LogP contribution in [0.2, 0.25) is 0 Å². The van der Waals surface area contributed by atoms with Crippen LogP contribution >= 0.6 is 0 Å². The van der Waals surface area contributed by atoms with Crippen LogP contribution < -0.4 is 19.9 Å². The van der Waals surface area contributed by atoms with E-state index in [1.807, 2.05) is 19.2 Å². The predicted molar refractivity (Wildman–Crippen MR) is 198 cm³/mol. The molecule has 3 aliphatic carbocycles. The molecule has 3 aliphatic heterocycles. The fourth-order valence-corrected chi connectivity index (χ4v) is 9.68. The maximum Gasteiger partial charge on any atom is 0.249 e. The third-order valence-electron chi connectivity index (χ3n) is 12.8. The molecule has 1 aromatic carbocycles. The number of hydrogen-bond donors (Lipinski definition) is 1. The fraction of sp³-hybridized carbons (Fsp3) is 0.700. The number of carbonyl (C=O) groups excluding carboxylic acids is 2. The van der Waals surface area contributed by atoms with Crippen molar-refractivity contribution >= 4 is 34.8 Å². The fourth-order valence-electron chi connectivity index (χ4n) is 9.68. The van der Waals surface area contributed by atoms with Gasteiger partial charge in [-0.25, -0.2) is 4.98 Å². The molecule has 1 unspecified atom stereocenters. The number of Topliss-reactive ketones (excluding diaryl/α,β-unsaturated/α-hetero) is 1. The number of aromatic nitrogens is 2. The van der Waals surface area contributed by atoms with Gasteiger partial charge in [0.2, 0.25) is 11.9 Å². The topological polar surface area (TPSA) is 94.1 Å². The maximum atomic E-state index is 13.6. The molecule has 0 radical (unpaired) electrons. The number of benzene rings is 1. The number of ketones is 1. The molecule has 3 saturated carbocycles. The lowest BCUT2D eigenvalue weighted by Gasteiger charge is -2.43. The van der Waals surface area contributed by atoms with Gasteiger partial charge in [-0.1, -0.05) is 26.2 Å². The summed E-state index contributed by atoms with van der Waals surface area (Å²) in [5.74, 6) is 4.13. The van der Waals surface area contributed by atoms with Crippen molar-refractivity contribution in [3.05, 3.63) is 29.5 Å². The summed E-state index contributed by atoms with van der Waals surface area (Å²) < 4.78 is 6.12. The molecule has 1 saturated heterocycles. The largest absolute Gasteiger partial charge is 0.491 e. The predicted octanol–water partition coefficient (Wildman–Crippen LogP) is 6.60. The summed E-state index contributed by atoms with van der Waals surface area (Å²) in [7, 11) is 1.83. The molecule has 8 rings (SSSR count). The second-order valence-electron chi connectivity index (χ2n) is 16.0. The molecule has 6 aliphatic rings. The van der Waals surface area contributed by atoms with Crippen LogP contribution in [0.1, 0.15) is 113 Å². The maximum absolute atomic E-state index is 13.6. The van der Waals surface area contributed by atoms with Gasteiger partial charge in [0.1, 0.15) is 17.5 Å².